The predicted molar refractivity (Wildman–Crippen MR) is 98.8 cm³/mol. The van der Waals surface area contributed by atoms with Gasteiger partial charge in [-0.1, -0.05) is 0 Å². The van der Waals surface area contributed by atoms with Crippen molar-refractivity contribution >= 4 is 44.9 Å². The molecular formula is C17H19BrN4O2. The number of fused-ring (bicyclic) bond motifs is 2. The maximum Gasteiger partial charge on any atom is 0.412 e. The van der Waals surface area contributed by atoms with E-state index in [-0.39, 0.29) is 0 Å². The summed E-state index contributed by atoms with van der Waals surface area (Å²) >= 11 is 3.42. The fraction of sp³-hybridized carbons (Fsp3) is 0.294. The van der Waals surface area contributed by atoms with Crippen LogP contribution in [0, 0.1) is 0 Å². The first-order valence-electron chi connectivity index (χ1n) is 7.59. The van der Waals surface area contributed by atoms with Crippen molar-refractivity contribution in [1.29, 1.82) is 0 Å². The number of nitrogens with zero attached hydrogens (tertiary/aromatic N) is 1. The van der Waals surface area contributed by atoms with E-state index in [9.17, 15) is 4.79 Å². The van der Waals surface area contributed by atoms with Gasteiger partial charge in [-0.15, -0.1) is 0 Å². The summed E-state index contributed by atoms with van der Waals surface area (Å²) in [6, 6.07) is 7.64. The molecule has 3 rings (SSSR count). The minimum atomic E-state index is -0.528. The Morgan fingerprint density at radius 3 is 2.83 bits per heavy atom. The van der Waals surface area contributed by atoms with Crippen molar-refractivity contribution in [1.82, 2.24) is 4.98 Å². The Hall–Kier alpha value is -2.28. The minimum absolute atomic E-state index is 0.467. The van der Waals surface area contributed by atoms with E-state index in [0.29, 0.717) is 12.2 Å². The van der Waals surface area contributed by atoms with Gasteiger partial charge in [-0.2, -0.15) is 0 Å². The van der Waals surface area contributed by atoms with Gasteiger partial charge in [0.25, 0.3) is 0 Å². The predicted octanol–water partition coefficient (Wildman–Crippen LogP) is 4.86. The van der Waals surface area contributed by atoms with Gasteiger partial charge in [0.1, 0.15) is 5.60 Å². The maximum atomic E-state index is 11.9. The van der Waals surface area contributed by atoms with E-state index in [2.05, 4.69) is 36.9 Å². The van der Waals surface area contributed by atoms with Gasteiger partial charge in [0, 0.05) is 28.6 Å². The lowest BCUT2D eigenvalue weighted by Crippen LogP contribution is -2.27. The van der Waals surface area contributed by atoms with E-state index in [0.717, 1.165) is 27.2 Å². The Labute approximate surface area is 149 Å². The highest BCUT2D eigenvalue weighted by molar-refractivity contribution is 9.10. The number of hydrogen-bond donors (Lipinski definition) is 3. The molecule has 1 amide bonds. The highest BCUT2D eigenvalue weighted by Gasteiger charge is 2.18. The average Bonchev–Trinajstić information content (AvgIpc) is 2.64. The Morgan fingerprint density at radius 2 is 2.08 bits per heavy atom. The van der Waals surface area contributed by atoms with Gasteiger partial charge in [0.15, 0.2) is 5.82 Å². The molecule has 0 bridgehead atoms. The first kappa shape index (κ1) is 16.6. The van der Waals surface area contributed by atoms with Gasteiger partial charge in [-0.05, 0) is 66.5 Å². The van der Waals surface area contributed by atoms with Crippen LogP contribution in [0.1, 0.15) is 26.3 Å². The number of anilines is 4. The molecular weight excluding hydrogens is 372 g/mol. The summed E-state index contributed by atoms with van der Waals surface area (Å²) in [6.45, 7) is 6.12. The van der Waals surface area contributed by atoms with E-state index in [1.54, 1.807) is 6.20 Å². The number of halogens is 1. The molecule has 0 fully saturated rings. The summed E-state index contributed by atoms with van der Waals surface area (Å²) < 4.78 is 6.19. The molecule has 3 N–H and O–H groups in total. The molecule has 7 heteroatoms. The monoisotopic (exact) mass is 390 g/mol. The second kappa shape index (κ2) is 6.32. The number of aromatic nitrogens is 1. The van der Waals surface area contributed by atoms with E-state index in [4.69, 9.17) is 4.74 Å². The molecule has 0 saturated carbocycles. The molecule has 1 aromatic heterocycles. The molecule has 0 spiro atoms. The quantitative estimate of drug-likeness (QED) is 0.647. The van der Waals surface area contributed by atoms with Crippen LogP contribution in [0.15, 0.2) is 34.9 Å². The fourth-order valence-electron chi connectivity index (χ4n) is 2.35. The van der Waals surface area contributed by atoms with Crippen molar-refractivity contribution in [2.45, 2.75) is 32.9 Å². The van der Waals surface area contributed by atoms with Crippen LogP contribution < -0.4 is 16.0 Å². The van der Waals surface area contributed by atoms with Gasteiger partial charge in [-0.3, -0.25) is 5.32 Å². The first-order valence-corrected chi connectivity index (χ1v) is 8.39. The van der Waals surface area contributed by atoms with Crippen LogP contribution in [0.2, 0.25) is 0 Å². The zero-order chi connectivity index (χ0) is 17.3. The number of hydrogen-bond acceptors (Lipinski definition) is 5. The highest BCUT2D eigenvalue weighted by Crippen LogP contribution is 2.33. The van der Waals surface area contributed by atoms with Gasteiger partial charge >= 0.3 is 6.09 Å². The molecule has 0 atom stereocenters. The smallest absolute Gasteiger partial charge is 0.412 e. The molecule has 0 aliphatic carbocycles. The minimum Gasteiger partial charge on any atom is -0.444 e. The van der Waals surface area contributed by atoms with Gasteiger partial charge in [-0.25, -0.2) is 9.78 Å². The van der Waals surface area contributed by atoms with Gasteiger partial charge in [0.05, 0.1) is 5.69 Å². The SMILES string of the molecule is CC(C)(C)OC(=O)Nc1ccc2c(c1)CNc1cc(Br)cnc1N2. The Bertz CT molecular complexity index is 787. The summed E-state index contributed by atoms with van der Waals surface area (Å²) in [5, 5.41) is 9.41. The third kappa shape index (κ3) is 3.97. The summed E-state index contributed by atoms with van der Waals surface area (Å²) in [5.74, 6) is 0.768. The molecule has 0 unspecified atom stereocenters. The lowest BCUT2D eigenvalue weighted by atomic mass is 10.1. The van der Waals surface area contributed by atoms with Gasteiger partial charge in [0.2, 0.25) is 0 Å². The number of amides is 1. The Morgan fingerprint density at radius 1 is 1.29 bits per heavy atom. The van der Waals surface area contributed by atoms with Gasteiger partial charge < -0.3 is 15.4 Å². The van der Waals surface area contributed by atoms with E-state index < -0.39 is 11.7 Å². The van der Waals surface area contributed by atoms with Crippen LogP contribution in [0.4, 0.5) is 27.7 Å². The van der Waals surface area contributed by atoms with Crippen molar-refractivity contribution in [2.75, 3.05) is 16.0 Å². The number of pyridine rings is 1. The average molecular weight is 391 g/mol. The number of nitrogens with one attached hydrogen (secondary N) is 3. The van der Waals surface area contributed by atoms with Crippen molar-refractivity contribution in [2.24, 2.45) is 0 Å². The summed E-state index contributed by atoms with van der Waals surface area (Å²) in [5.41, 5.74) is 3.05. The van der Waals surface area contributed by atoms with Crippen molar-refractivity contribution in [3.05, 3.63) is 40.5 Å². The number of carbonyl (C=O) groups excluding carboxylic acids is 1. The van der Waals surface area contributed by atoms with Crippen molar-refractivity contribution < 1.29 is 9.53 Å². The van der Waals surface area contributed by atoms with E-state index in [1.165, 1.54) is 0 Å². The molecule has 0 saturated heterocycles. The molecule has 0 radical (unpaired) electrons. The molecule has 1 aromatic carbocycles. The van der Waals surface area contributed by atoms with E-state index in [1.807, 2.05) is 45.0 Å². The molecule has 2 aromatic rings. The lowest BCUT2D eigenvalue weighted by Gasteiger charge is -2.20. The summed E-state index contributed by atoms with van der Waals surface area (Å²) in [6.07, 6.45) is 1.28. The number of carbonyl (C=O) groups is 1. The van der Waals surface area contributed by atoms with Crippen LogP contribution in [0.5, 0.6) is 0 Å². The van der Waals surface area contributed by atoms with Crippen LogP contribution in [0.25, 0.3) is 0 Å². The highest BCUT2D eigenvalue weighted by atomic mass is 79.9. The van der Waals surface area contributed by atoms with Crippen molar-refractivity contribution in [3.8, 4) is 0 Å². The van der Waals surface area contributed by atoms with E-state index >= 15 is 0 Å². The standard InChI is InChI=1S/C17H19BrN4O2/c1-17(2,3)24-16(23)21-12-4-5-13-10(6-12)8-19-14-7-11(18)9-20-15(14)22-13/h4-7,9,19H,8H2,1-3H3,(H,20,22)(H,21,23). The molecule has 6 nitrogen and oxygen atoms in total. The normalized spacial score (nSPS) is 12.8. The lowest BCUT2D eigenvalue weighted by molar-refractivity contribution is 0.0636. The van der Waals surface area contributed by atoms with Crippen LogP contribution in [0.3, 0.4) is 0 Å². The Balaban J connectivity index is 1.78. The molecule has 24 heavy (non-hydrogen) atoms. The van der Waals surface area contributed by atoms with Crippen LogP contribution in [-0.2, 0) is 11.3 Å². The molecule has 1 aliphatic heterocycles. The Kier molecular flexibility index (Phi) is 4.36. The third-order valence-electron chi connectivity index (χ3n) is 3.33. The third-order valence-corrected chi connectivity index (χ3v) is 3.76. The zero-order valence-corrected chi connectivity index (χ0v) is 15.3. The van der Waals surface area contributed by atoms with Crippen LogP contribution >= 0.6 is 15.9 Å². The second-order valence-electron chi connectivity index (χ2n) is 6.53. The fourth-order valence-corrected chi connectivity index (χ4v) is 2.68. The first-order chi connectivity index (χ1) is 11.3. The molecule has 126 valence electrons. The number of rotatable bonds is 1. The number of ether oxygens (including phenoxy) is 1. The zero-order valence-electron chi connectivity index (χ0n) is 13.7. The molecule has 2 heterocycles. The summed E-state index contributed by atoms with van der Waals surface area (Å²) in [7, 11) is 0. The molecule has 1 aliphatic rings. The number of benzene rings is 1. The van der Waals surface area contributed by atoms with Crippen LogP contribution in [-0.4, -0.2) is 16.7 Å². The maximum absolute atomic E-state index is 11.9. The second-order valence-corrected chi connectivity index (χ2v) is 7.44. The summed E-state index contributed by atoms with van der Waals surface area (Å²) in [4.78, 5) is 16.3. The van der Waals surface area contributed by atoms with Crippen molar-refractivity contribution in [3.63, 3.8) is 0 Å². The largest absolute Gasteiger partial charge is 0.444 e. The topological polar surface area (TPSA) is 75.3 Å².